The number of aryl methyl sites for hydroxylation is 3. The Morgan fingerprint density at radius 3 is 2.61 bits per heavy atom. The van der Waals surface area contributed by atoms with Gasteiger partial charge in [0, 0.05) is 31.0 Å². The number of nitrogens with zero attached hydrogens (tertiary/aromatic N) is 1. The minimum Gasteiger partial charge on any atom is -0.354 e. The Hall–Kier alpha value is -2.03. The molecule has 1 heterocycles. The zero-order valence-electron chi connectivity index (χ0n) is 10.8. The quantitative estimate of drug-likeness (QED) is 0.878. The van der Waals surface area contributed by atoms with Crippen LogP contribution in [0.4, 0.5) is 5.69 Å². The highest BCUT2D eigenvalue weighted by molar-refractivity contribution is 5.91. The average Bonchev–Trinajstić information content (AvgIpc) is 2.83. The summed E-state index contributed by atoms with van der Waals surface area (Å²) < 4.78 is 2.00. The number of amides is 1. The van der Waals surface area contributed by atoms with Crippen molar-refractivity contribution in [2.75, 3.05) is 5.32 Å². The van der Waals surface area contributed by atoms with Crippen molar-refractivity contribution in [1.29, 1.82) is 0 Å². The summed E-state index contributed by atoms with van der Waals surface area (Å²) in [7, 11) is 0. The van der Waals surface area contributed by atoms with Gasteiger partial charge in [0.1, 0.15) is 0 Å². The molecule has 0 bridgehead atoms. The van der Waals surface area contributed by atoms with E-state index in [1.54, 1.807) is 0 Å². The predicted molar refractivity (Wildman–Crippen MR) is 73.6 cm³/mol. The maximum Gasteiger partial charge on any atom is 0.226 e. The second-order valence-corrected chi connectivity index (χ2v) is 4.54. The summed E-state index contributed by atoms with van der Waals surface area (Å²) in [6.45, 7) is 4.77. The fourth-order valence-corrected chi connectivity index (χ4v) is 1.92. The molecule has 18 heavy (non-hydrogen) atoms. The van der Waals surface area contributed by atoms with Crippen LogP contribution in [0.5, 0.6) is 0 Å². The van der Waals surface area contributed by atoms with Crippen molar-refractivity contribution < 1.29 is 4.79 Å². The van der Waals surface area contributed by atoms with Crippen LogP contribution >= 0.6 is 0 Å². The number of rotatable bonds is 4. The van der Waals surface area contributed by atoms with E-state index in [1.165, 1.54) is 5.56 Å². The lowest BCUT2D eigenvalue weighted by Gasteiger charge is -2.09. The summed E-state index contributed by atoms with van der Waals surface area (Å²) in [4.78, 5) is 11.8. The molecule has 94 valence electrons. The topological polar surface area (TPSA) is 34.0 Å². The highest BCUT2D eigenvalue weighted by Crippen LogP contribution is 2.16. The first kappa shape index (κ1) is 12.4. The van der Waals surface area contributed by atoms with E-state index in [4.69, 9.17) is 0 Å². The lowest BCUT2D eigenvalue weighted by Crippen LogP contribution is -2.14. The maximum atomic E-state index is 11.8. The monoisotopic (exact) mass is 242 g/mol. The summed E-state index contributed by atoms with van der Waals surface area (Å²) >= 11 is 0. The number of nitrogens with one attached hydrogen (secondary N) is 1. The molecule has 1 N–H and O–H groups in total. The summed E-state index contributed by atoms with van der Waals surface area (Å²) in [6, 6.07) is 9.96. The van der Waals surface area contributed by atoms with Gasteiger partial charge >= 0.3 is 0 Å². The van der Waals surface area contributed by atoms with Crippen LogP contribution in [0.2, 0.25) is 0 Å². The molecule has 2 rings (SSSR count). The Morgan fingerprint density at radius 2 is 1.94 bits per heavy atom. The smallest absolute Gasteiger partial charge is 0.226 e. The van der Waals surface area contributed by atoms with E-state index in [0.29, 0.717) is 13.0 Å². The Balaban J connectivity index is 1.91. The number of hydrogen-bond donors (Lipinski definition) is 1. The fourth-order valence-electron chi connectivity index (χ4n) is 1.92. The van der Waals surface area contributed by atoms with Gasteiger partial charge in [-0.25, -0.2) is 0 Å². The minimum atomic E-state index is 0.0515. The minimum absolute atomic E-state index is 0.0515. The van der Waals surface area contributed by atoms with E-state index in [0.717, 1.165) is 11.3 Å². The standard InChI is InChI=1S/C15H18N2O/c1-12-5-6-14(13(2)11-12)16-15(18)7-10-17-8-3-4-9-17/h3-6,8-9,11H,7,10H2,1-2H3,(H,16,18). The van der Waals surface area contributed by atoms with E-state index in [1.807, 2.05) is 55.1 Å². The number of anilines is 1. The summed E-state index contributed by atoms with van der Waals surface area (Å²) in [5.74, 6) is 0.0515. The van der Waals surface area contributed by atoms with Crippen LogP contribution < -0.4 is 5.32 Å². The van der Waals surface area contributed by atoms with Gasteiger partial charge in [-0.05, 0) is 37.6 Å². The number of aromatic nitrogens is 1. The molecule has 1 aromatic carbocycles. The molecular formula is C15H18N2O. The Morgan fingerprint density at radius 1 is 1.22 bits per heavy atom. The Bertz CT molecular complexity index is 529. The molecule has 0 aliphatic heterocycles. The highest BCUT2D eigenvalue weighted by atomic mass is 16.1. The molecule has 1 amide bonds. The van der Waals surface area contributed by atoms with Gasteiger partial charge in [-0.15, -0.1) is 0 Å². The summed E-state index contributed by atoms with van der Waals surface area (Å²) in [6.07, 6.45) is 4.41. The third kappa shape index (κ3) is 3.23. The van der Waals surface area contributed by atoms with Crippen LogP contribution in [0.1, 0.15) is 17.5 Å². The molecule has 0 fully saturated rings. The predicted octanol–water partition coefficient (Wildman–Crippen LogP) is 3.13. The molecule has 0 spiro atoms. The third-order valence-corrected chi connectivity index (χ3v) is 2.92. The molecular weight excluding hydrogens is 224 g/mol. The van der Waals surface area contributed by atoms with E-state index < -0.39 is 0 Å². The normalized spacial score (nSPS) is 10.3. The molecule has 1 aromatic heterocycles. The van der Waals surface area contributed by atoms with Crippen molar-refractivity contribution in [2.24, 2.45) is 0 Å². The number of benzene rings is 1. The van der Waals surface area contributed by atoms with Gasteiger partial charge in [-0.1, -0.05) is 17.7 Å². The van der Waals surface area contributed by atoms with Gasteiger partial charge < -0.3 is 9.88 Å². The molecule has 0 aliphatic rings. The average molecular weight is 242 g/mol. The van der Waals surface area contributed by atoms with Crippen LogP contribution in [0.15, 0.2) is 42.7 Å². The van der Waals surface area contributed by atoms with Crippen molar-refractivity contribution in [3.8, 4) is 0 Å². The molecule has 0 saturated carbocycles. The van der Waals surface area contributed by atoms with E-state index in [-0.39, 0.29) is 5.91 Å². The van der Waals surface area contributed by atoms with Gasteiger partial charge in [-0.3, -0.25) is 4.79 Å². The molecule has 3 heteroatoms. The first-order valence-electron chi connectivity index (χ1n) is 6.13. The molecule has 0 saturated heterocycles. The Labute approximate surface area is 107 Å². The van der Waals surface area contributed by atoms with Gasteiger partial charge in [-0.2, -0.15) is 0 Å². The van der Waals surface area contributed by atoms with Gasteiger partial charge in [0.2, 0.25) is 5.91 Å². The highest BCUT2D eigenvalue weighted by Gasteiger charge is 2.04. The zero-order chi connectivity index (χ0) is 13.0. The number of carbonyl (C=O) groups is 1. The van der Waals surface area contributed by atoms with E-state index in [9.17, 15) is 4.79 Å². The van der Waals surface area contributed by atoms with Gasteiger partial charge in [0.15, 0.2) is 0 Å². The first-order chi connectivity index (χ1) is 8.65. The zero-order valence-corrected chi connectivity index (χ0v) is 10.8. The lowest BCUT2D eigenvalue weighted by atomic mass is 10.1. The van der Waals surface area contributed by atoms with Crippen LogP contribution in [-0.4, -0.2) is 10.5 Å². The largest absolute Gasteiger partial charge is 0.354 e. The molecule has 2 aromatic rings. The van der Waals surface area contributed by atoms with Crippen LogP contribution in [0.3, 0.4) is 0 Å². The van der Waals surface area contributed by atoms with Crippen molar-refractivity contribution in [2.45, 2.75) is 26.8 Å². The molecule has 0 atom stereocenters. The number of carbonyl (C=O) groups excluding carboxylic acids is 1. The summed E-state index contributed by atoms with van der Waals surface area (Å²) in [5, 5.41) is 2.95. The van der Waals surface area contributed by atoms with Crippen molar-refractivity contribution in [1.82, 2.24) is 4.57 Å². The Kier molecular flexibility index (Phi) is 3.82. The van der Waals surface area contributed by atoms with Crippen LogP contribution in [0, 0.1) is 13.8 Å². The van der Waals surface area contributed by atoms with E-state index >= 15 is 0 Å². The van der Waals surface area contributed by atoms with Crippen molar-refractivity contribution >= 4 is 11.6 Å². The van der Waals surface area contributed by atoms with Crippen molar-refractivity contribution in [3.63, 3.8) is 0 Å². The van der Waals surface area contributed by atoms with Crippen LogP contribution in [0.25, 0.3) is 0 Å². The summed E-state index contributed by atoms with van der Waals surface area (Å²) in [5.41, 5.74) is 3.21. The molecule has 3 nitrogen and oxygen atoms in total. The molecule has 0 unspecified atom stereocenters. The van der Waals surface area contributed by atoms with Crippen LogP contribution in [-0.2, 0) is 11.3 Å². The fraction of sp³-hybridized carbons (Fsp3) is 0.267. The second kappa shape index (κ2) is 5.54. The van der Waals surface area contributed by atoms with E-state index in [2.05, 4.69) is 11.4 Å². The van der Waals surface area contributed by atoms with Crippen molar-refractivity contribution in [3.05, 3.63) is 53.9 Å². The maximum absolute atomic E-state index is 11.8. The molecule has 0 aliphatic carbocycles. The van der Waals surface area contributed by atoms with Gasteiger partial charge in [0.25, 0.3) is 0 Å². The number of hydrogen-bond acceptors (Lipinski definition) is 1. The lowest BCUT2D eigenvalue weighted by molar-refractivity contribution is -0.116. The SMILES string of the molecule is Cc1ccc(NC(=O)CCn2cccc2)c(C)c1. The molecule has 0 radical (unpaired) electrons. The second-order valence-electron chi connectivity index (χ2n) is 4.54. The third-order valence-electron chi connectivity index (χ3n) is 2.92. The first-order valence-corrected chi connectivity index (χ1v) is 6.13. The van der Waals surface area contributed by atoms with Gasteiger partial charge in [0.05, 0.1) is 0 Å².